The van der Waals surface area contributed by atoms with E-state index >= 15 is 0 Å². The van der Waals surface area contributed by atoms with Crippen molar-refractivity contribution in [3.05, 3.63) is 76.8 Å². The number of nitrogens with zero attached hydrogens (tertiary/aromatic N) is 2. The summed E-state index contributed by atoms with van der Waals surface area (Å²) in [7, 11) is 0. The first kappa shape index (κ1) is 23.5. The van der Waals surface area contributed by atoms with Crippen molar-refractivity contribution in [2.45, 2.75) is 19.4 Å². The zero-order valence-corrected chi connectivity index (χ0v) is 17.8. The Kier molecular flexibility index (Phi) is 7.74. The molecule has 0 radical (unpaired) electrons. The highest BCUT2D eigenvalue weighted by molar-refractivity contribution is 6.19. The van der Waals surface area contributed by atoms with E-state index < -0.39 is 29.9 Å². The molecule has 0 saturated carbocycles. The molecule has 1 aliphatic rings. The van der Waals surface area contributed by atoms with E-state index in [-0.39, 0.29) is 31.2 Å². The van der Waals surface area contributed by atoms with E-state index in [1.165, 1.54) is 4.90 Å². The minimum Gasteiger partial charge on any atom is -0.511 e. The largest absolute Gasteiger partial charge is 0.511 e. The number of hydrogen-bond acceptors (Lipinski definition) is 6. The first-order chi connectivity index (χ1) is 15.8. The third-order valence-electron chi connectivity index (χ3n) is 5.02. The second-order valence-electron chi connectivity index (χ2n) is 7.40. The fraction of sp³-hybridized carbons (Fsp3) is 0.261. The number of carboxylic acids is 1. The molecule has 0 spiro atoms. The summed E-state index contributed by atoms with van der Waals surface area (Å²) in [5.41, 5.74) is 1.64. The molecule has 0 bridgehead atoms. The van der Waals surface area contributed by atoms with Gasteiger partial charge in [-0.25, -0.2) is 0 Å². The number of carboxylic acid groups (broad SMARTS) is 1. The summed E-state index contributed by atoms with van der Waals surface area (Å²) in [6.45, 7) is 0.163. The molecular weight excluding hydrogens is 428 g/mol. The number of nitrogens with one attached hydrogen (secondary N) is 2. The predicted molar refractivity (Wildman–Crippen MR) is 117 cm³/mol. The second-order valence-corrected chi connectivity index (χ2v) is 7.40. The molecule has 1 aliphatic heterocycles. The zero-order chi connectivity index (χ0) is 23.8. The summed E-state index contributed by atoms with van der Waals surface area (Å²) in [5, 5.41) is 23.6. The van der Waals surface area contributed by atoms with Gasteiger partial charge in [-0.3, -0.25) is 24.2 Å². The maximum absolute atomic E-state index is 12.7. The molecule has 10 nitrogen and oxygen atoms in total. The van der Waals surface area contributed by atoms with Crippen LogP contribution in [0.2, 0.25) is 0 Å². The molecule has 33 heavy (non-hydrogen) atoms. The monoisotopic (exact) mass is 452 g/mol. The fourth-order valence-electron chi connectivity index (χ4n) is 3.31. The topological polar surface area (TPSA) is 149 Å². The SMILES string of the molecule is O=C(O)CNC(=O)C1=C(O)CCN(Cc2ccc(C(=O)NCCc3ccccn3)cc2)C1=O. The van der Waals surface area contributed by atoms with Crippen molar-refractivity contribution in [2.24, 2.45) is 0 Å². The molecule has 0 saturated heterocycles. The summed E-state index contributed by atoms with van der Waals surface area (Å²) in [4.78, 5) is 53.4. The minimum atomic E-state index is -1.26. The number of rotatable bonds is 9. The molecule has 2 aromatic rings. The van der Waals surface area contributed by atoms with E-state index in [0.29, 0.717) is 18.5 Å². The molecule has 0 fully saturated rings. The lowest BCUT2D eigenvalue weighted by atomic mass is 10.0. The van der Waals surface area contributed by atoms with E-state index in [1.807, 2.05) is 18.2 Å². The van der Waals surface area contributed by atoms with E-state index in [0.717, 1.165) is 11.3 Å². The number of amides is 3. The Morgan fingerprint density at radius 1 is 1.03 bits per heavy atom. The van der Waals surface area contributed by atoms with Crippen LogP contribution < -0.4 is 10.6 Å². The Morgan fingerprint density at radius 3 is 2.45 bits per heavy atom. The standard InChI is InChI=1S/C23H24N4O6/c28-18-9-12-27(23(33)20(18)22(32)26-13-19(29)30)14-15-4-6-16(7-5-15)21(31)25-11-8-17-3-1-2-10-24-17/h1-7,10,28H,8-9,11-14H2,(H,25,31)(H,26,32)(H,29,30). The summed E-state index contributed by atoms with van der Waals surface area (Å²) in [6.07, 6.45) is 2.40. The van der Waals surface area contributed by atoms with Crippen LogP contribution in [-0.2, 0) is 27.3 Å². The molecule has 3 rings (SSSR count). The highest BCUT2D eigenvalue weighted by atomic mass is 16.4. The highest BCUT2D eigenvalue weighted by Crippen LogP contribution is 2.20. The van der Waals surface area contributed by atoms with Crippen LogP contribution in [0.4, 0.5) is 0 Å². The van der Waals surface area contributed by atoms with Crippen LogP contribution in [0.3, 0.4) is 0 Å². The Balaban J connectivity index is 1.55. The van der Waals surface area contributed by atoms with Gasteiger partial charge in [0.1, 0.15) is 17.9 Å². The minimum absolute atomic E-state index is 0.0817. The average molecular weight is 452 g/mol. The Bertz CT molecular complexity index is 1070. The lowest BCUT2D eigenvalue weighted by Crippen LogP contribution is -2.43. The quantitative estimate of drug-likeness (QED) is 0.411. The number of aromatic nitrogens is 1. The first-order valence-corrected chi connectivity index (χ1v) is 10.3. The van der Waals surface area contributed by atoms with Crippen molar-refractivity contribution in [1.29, 1.82) is 0 Å². The summed E-state index contributed by atoms with van der Waals surface area (Å²) < 4.78 is 0. The number of aliphatic carboxylic acids is 1. The maximum Gasteiger partial charge on any atom is 0.322 e. The van der Waals surface area contributed by atoms with Gasteiger partial charge >= 0.3 is 5.97 Å². The van der Waals surface area contributed by atoms with Crippen molar-refractivity contribution in [3.63, 3.8) is 0 Å². The highest BCUT2D eigenvalue weighted by Gasteiger charge is 2.32. The van der Waals surface area contributed by atoms with Crippen LogP contribution in [-0.4, -0.2) is 63.4 Å². The predicted octanol–water partition coefficient (Wildman–Crippen LogP) is 0.799. The van der Waals surface area contributed by atoms with Gasteiger partial charge in [0.25, 0.3) is 17.7 Å². The molecular formula is C23H24N4O6. The number of carbonyl (C=O) groups is 4. The smallest absolute Gasteiger partial charge is 0.322 e. The lowest BCUT2D eigenvalue weighted by Gasteiger charge is -2.28. The first-order valence-electron chi connectivity index (χ1n) is 10.3. The molecule has 4 N–H and O–H groups in total. The molecule has 172 valence electrons. The third-order valence-corrected chi connectivity index (χ3v) is 5.02. The molecule has 2 heterocycles. The Labute approximate surface area is 189 Å². The summed E-state index contributed by atoms with van der Waals surface area (Å²) in [5.74, 6) is -3.46. The third kappa shape index (κ3) is 6.39. The van der Waals surface area contributed by atoms with Gasteiger partial charge < -0.3 is 25.7 Å². The second kappa shape index (κ2) is 10.9. The molecule has 1 aromatic carbocycles. The number of aliphatic hydroxyl groups is 1. The van der Waals surface area contributed by atoms with Crippen LogP contribution in [0.1, 0.15) is 28.0 Å². The van der Waals surface area contributed by atoms with Crippen LogP contribution in [0.25, 0.3) is 0 Å². The van der Waals surface area contributed by atoms with Gasteiger partial charge in [-0.1, -0.05) is 18.2 Å². The zero-order valence-electron chi connectivity index (χ0n) is 17.8. The van der Waals surface area contributed by atoms with Crippen molar-refractivity contribution < 1.29 is 29.4 Å². The average Bonchev–Trinajstić information content (AvgIpc) is 2.80. The lowest BCUT2D eigenvalue weighted by molar-refractivity contribution is -0.138. The molecule has 0 unspecified atom stereocenters. The number of benzene rings is 1. The van der Waals surface area contributed by atoms with Crippen molar-refractivity contribution >= 4 is 23.7 Å². The number of carbonyl (C=O) groups excluding carboxylic acids is 3. The molecule has 10 heteroatoms. The number of pyridine rings is 1. The van der Waals surface area contributed by atoms with Gasteiger partial charge in [-0.15, -0.1) is 0 Å². The van der Waals surface area contributed by atoms with Crippen LogP contribution in [0.15, 0.2) is 60.0 Å². The van der Waals surface area contributed by atoms with Crippen LogP contribution in [0.5, 0.6) is 0 Å². The van der Waals surface area contributed by atoms with Crippen LogP contribution >= 0.6 is 0 Å². The van der Waals surface area contributed by atoms with Gasteiger partial charge in [0.15, 0.2) is 0 Å². The number of aliphatic hydroxyl groups excluding tert-OH is 1. The molecule has 0 atom stereocenters. The van der Waals surface area contributed by atoms with E-state index in [4.69, 9.17) is 5.11 Å². The fourth-order valence-corrected chi connectivity index (χ4v) is 3.31. The van der Waals surface area contributed by atoms with Gasteiger partial charge in [-0.2, -0.15) is 0 Å². The van der Waals surface area contributed by atoms with E-state index in [2.05, 4.69) is 15.6 Å². The van der Waals surface area contributed by atoms with E-state index in [1.54, 1.807) is 30.5 Å². The van der Waals surface area contributed by atoms with Crippen molar-refractivity contribution in [1.82, 2.24) is 20.5 Å². The Hall–Kier alpha value is -4.21. The van der Waals surface area contributed by atoms with Gasteiger partial charge in [0.05, 0.1) is 0 Å². The van der Waals surface area contributed by atoms with Gasteiger partial charge in [-0.05, 0) is 29.8 Å². The summed E-state index contributed by atoms with van der Waals surface area (Å²) >= 11 is 0. The Morgan fingerprint density at radius 2 is 1.79 bits per heavy atom. The molecule has 0 aliphatic carbocycles. The molecule has 3 amide bonds. The van der Waals surface area contributed by atoms with Crippen molar-refractivity contribution in [2.75, 3.05) is 19.6 Å². The van der Waals surface area contributed by atoms with Gasteiger partial charge in [0, 0.05) is 49.9 Å². The maximum atomic E-state index is 12.7. The molecule has 1 aromatic heterocycles. The normalized spacial score (nSPS) is 13.6. The van der Waals surface area contributed by atoms with Crippen LogP contribution in [0, 0.1) is 0 Å². The summed E-state index contributed by atoms with van der Waals surface area (Å²) in [6, 6.07) is 12.3. The van der Waals surface area contributed by atoms with E-state index in [9.17, 15) is 24.3 Å². The number of hydrogen-bond donors (Lipinski definition) is 4. The van der Waals surface area contributed by atoms with Crippen molar-refractivity contribution in [3.8, 4) is 0 Å². The van der Waals surface area contributed by atoms with Gasteiger partial charge in [0.2, 0.25) is 0 Å².